The Labute approximate surface area is 212 Å². The van der Waals surface area contributed by atoms with Crippen LogP contribution in [0, 0.1) is 5.92 Å². The summed E-state index contributed by atoms with van der Waals surface area (Å²) >= 11 is 0. The van der Waals surface area contributed by atoms with Gasteiger partial charge >= 0.3 is 12.1 Å². The van der Waals surface area contributed by atoms with Crippen molar-refractivity contribution in [2.45, 2.75) is 64.7 Å². The number of anilines is 1. The predicted octanol–water partition coefficient (Wildman–Crippen LogP) is 4.86. The van der Waals surface area contributed by atoms with E-state index in [1.807, 2.05) is 37.3 Å². The molecule has 8 heteroatoms. The number of nitrogens with one attached hydrogen (secondary N) is 1. The lowest BCUT2D eigenvalue weighted by Crippen LogP contribution is -2.61. The molecule has 1 heterocycles. The Morgan fingerprint density at radius 1 is 1.08 bits per heavy atom. The van der Waals surface area contributed by atoms with Crippen molar-refractivity contribution in [3.63, 3.8) is 0 Å². The Bertz CT molecular complexity index is 1050. The summed E-state index contributed by atoms with van der Waals surface area (Å²) in [6.45, 7) is 7.91. The normalized spacial score (nSPS) is 18.5. The number of methoxy groups -OCH3 is 1. The topological polar surface area (TPSA) is 94.2 Å². The van der Waals surface area contributed by atoms with Gasteiger partial charge in [-0.2, -0.15) is 0 Å². The highest BCUT2D eigenvalue weighted by Crippen LogP contribution is 2.37. The van der Waals surface area contributed by atoms with Crippen LogP contribution in [0.2, 0.25) is 0 Å². The average Bonchev–Trinajstić information content (AvgIpc) is 3.16. The maximum absolute atomic E-state index is 13.9. The molecule has 0 aromatic heterocycles. The van der Waals surface area contributed by atoms with E-state index in [1.165, 1.54) is 7.11 Å². The molecule has 194 valence electrons. The van der Waals surface area contributed by atoms with Gasteiger partial charge in [0, 0.05) is 12.2 Å². The maximum Gasteiger partial charge on any atom is 0.408 e. The monoisotopic (exact) mass is 496 g/mol. The molecule has 1 fully saturated rings. The molecular weight excluding hydrogens is 460 g/mol. The third-order valence-corrected chi connectivity index (χ3v) is 6.14. The van der Waals surface area contributed by atoms with Crippen LogP contribution in [-0.4, -0.2) is 42.8 Å². The molecule has 0 aliphatic carbocycles. The highest BCUT2D eigenvalue weighted by Gasteiger charge is 2.56. The first-order valence-corrected chi connectivity index (χ1v) is 12.3. The number of nitrogens with zero attached hydrogens (tertiary/aromatic N) is 1. The number of ether oxygens (including phenoxy) is 3. The first kappa shape index (κ1) is 27.0. The zero-order valence-corrected chi connectivity index (χ0v) is 21.7. The number of alkyl carbamates (subject to hydrolysis) is 1. The van der Waals surface area contributed by atoms with E-state index < -0.39 is 29.1 Å². The number of rotatable bonds is 9. The van der Waals surface area contributed by atoms with Crippen molar-refractivity contribution in [3.05, 3.63) is 60.2 Å². The van der Waals surface area contributed by atoms with Gasteiger partial charge in [-0.05, 0) is 63.4 Å². The molecule has 2 atom stereocenters. The van der Waals surface area contributed by atoms with E-state index in [0.717, 1.165) is 5.56 Å². The molecule has 36 heavy (non-hydrogen) atoms. The molecule has 0 radical (unpaired) electrons. The summed E-state index contributed by atoms with van der Waals surface area (Å²) in [4.78, 5) is 41.0. The van der Waals surface area contributed by atoms with E-state index >= 15 is 0 Å². The smallest absolute Gasteiger partial charge is 0.408 e. The fraction of sp³-hybridized carbons (Fsp3) is 0.464. The van der Waals surface area contributed by atoms with E-state index in [-0.39, 0.29) is 12.3 Å². The Kier molecular flexibility index (Phi) is 8.61. The third-order valence-electron chi connectivity index (χ3n) is 6.14. The number of hydrogen-bond acceptors (Lipinski definition) is 6. The third kappa shape index (κ3) is 6.36. The van der Waals surface area contributed by atoms with E-state index in [0.29, 0.717) is 37.4 Å². The molecule has 2 aromatic rings. The van der Waals surface area contributed by atoms with E-state index in [2.05, 4.69) is 5.32 Å². The van der Waals surface area contributed by atoms with Crippen molar-refractivity contribution in [1.82, 2.24) is 5.32 Å². The summed E-state index contributed by atoms with van der Waals surface area (Å²) in [5.74, 6) is -1.07. The maximum atomic E-state index is 13.9. The van der Waals surface area contributed by atoms with E-state index in [9.17, 15) is 14.4 Å². The molecule has 1 aliphatic heterocycles. The van der Waals surface area contributed by atoms with Crippen molar-refractivity contribution in [3.8, 4) is 5.75 Å². The van der Waals surface area contributed by atoms with Gasteiger partial charge in [0.2, 0.25) is 0 Å². The Balaban J connectivity index is 1.83. The number of carbonyl (C=O) groups excluding carboxylic acids is 3. The van der Waals surface area contributed by atoms with Crippen LogP contribution in [0.3, 0.4) is 0 Å². The second-order valence-corrected chi connectivity index (χ2v) is 9.94. The van der Waals surface area contributed by atoms with Gasteiger partial charge in [0.05, 0.1) is 13.0 Å². The van der Waals surface area contributed by atoms with Gasteiger partial charge in [0.25, 0.3) is 5.91 Å². The van der Waals surface area contributed by atoms with Crippen LogP contribution in [0.4, 0.5) is 10.5 Å². The van der Waals surface area contributed by atoms with Crippen LogP contribution < -0.4 is 15.0 Å². The lowest BCUT2D eigenvalue weighted by Gasteiger charge is -2.35. The largest absolute Gasteiger partial charge is 0.489 e. The van der Waals surface area contributed by atoms with Gasteiger partial charge in [-0.15, -0.1) is 0 Å². The summed E-state index contributed by atoms with van der Waals surface area (Å²) in [5, 5.41) is 2.77. The molecule has 2 amide bonds. The quantitative estimate of drug-likeness (QED) is 0.499. The summed E-state index contributed by atoms with van der Waals surface area (Å²) in [5.41, 5.74) is -0.513. The molecule has 8 nitrogen and oxygen atoms in total. The van der Waals surface area contributed by atoms with Crippen LogP contribution in [0.25, 0.3) is 0 Å². The van der Waals surface area contributed by atoms with E-state index in [4.69, 9.17) is 14.2 Å². The van der Waals surface area contributed by atoms with Crippen LogP contribution in [0.15, 0.2) is 54.6 Å². The SMILES string of the molecule is CCCC(C(=O)OC)[C@]1(NC(=O)OC(C)(C)C)CCN(c2ccc(OCc3ccccc3)cc2)C1=O. The number of hydrogen-bond donors (Lipinski definition) is 1. The second kappa shape index (κ2) is 11.5. The van der Waals surface area contributed by atoms with Crippen molar-refractivity contribution in [2.24, 2.45) is 5.92 Å². The predicted molar refractivity (Wildman–Crippen MR) is 137 cm³/mol. The second-order valence-electron chi connectivity index (χ2n) is 9.94. The zero-order valence-electron chi connectivity index (χ0n) is 21.7. The van der Waals surface area contributed by atoms with Gasteiger partial charge < -0.3 is 24.4 Å². The lowest BCUT2D eigenvalue weighted by molar-refractivity contribution is -0.151. The molecule has 2 aromatic carbocycles. The first-order valence-electron chi connectivity index (χ1n) is 12.3. The molecule has 3 rings (SSSR count). The van der Waals surface area contributed by atoms with Crippen molar-refractivity contribution >= 4 is 23.7 Å². The molecule has 1 saturated heterocycles. The highest BCUT2D eigenvalue weighted by atomic mass is 16.6. The fourth-order valence-electron chi connectivity index (χ4n) is 4.46. The van der Waals surface area contributed by atoms with Gasteiger partial charge in [-0.25, -0.2) is 4.79 Å². The molecular formula is C28H36N2O6. The average molecular weight is 497 g/mol. The highest BCUT2D eigenvalue weighted by molar-refractivity contribution is 6.06. The van der Waals surface area contributed by atoms with Crippen LogP contribution in [0.5, 0.6) is 5.75 Å². The Morgan fingerprint density at radius 2 is 1.75 bits per heavy atom. The molecule has 0 saturated carbocycles. The van der Waals surface area contributed by atoms with Crippen LogP contribution in [0.1, 0.15) is 52.5 Å². The zero-order chi connectivity index (χ0) is 26.3. The Hall–Kier alpha value is -3.55. The Morgan fingerprint density at radius 3 is 2.33 bits per heavy atom. The summed E-state index contributed by atoms with van der Waals surface area (Å²) < 4.78 is 16.3. The first-order chi connectivity index (χ1) is 17.1. The number of esters is 1. The molecule has 1 aliphatic rings. The van der Waals surface area contributed by atoms with Crippen molar-refractivity contribution in [2.75, 3.05) is 18.6 Å². The van der Waals surface area contributed by atoms with Crippen molar-refractivity contribution in [1.29, 1.82) is 0 Å². The van der Waals surface area contributed by atoms with Crippen LogP contribution in [-0.2, 0) is 25.7 Å². The molecule has 0 spiro atoms. The van der Waals surface area contributed by atoms with Gasteiger partial charge in [0.1, 0.15) is 23.5 Å². The minimum absolute atomic E-state index is 0.247. The minimum Gasteiger partial charge on any atom is -0.489 e. The molecule has 1 unspecified atom stereocenters. The van der Waals surface area contributed by atoms with Gasteiger partial charge in [-0.1, -0.05) is 43.7 Å². The fourth-order valence-corrected chi connectivity index (χ4v) is 4.46. The number of amides is 2. The summed E-state index contributed by atoms with van der Waals surface area (Å²) in [6.07, 6.45) is 0.524. The summed E-state index contributed by atoms with van der Waals surface area (Å²) in [6, 6.07) is 17.0. The van der Waals surface area contributed by atoms with Gasteiger partial charge in [0.15, 0.2) is 0 Å². The number of carbonyl (C=O) groups is 3. The van der Waals surface area contributed by atoms with Crippen molar-refractivity contribution < 1.29 is 28.6 Å². The molecule has 0 bridgehead atoms. The number of benzene rings is 2. The standard InChI is InChI=1S/C28H36N2O6/c1-6-10-23(24(31)34-5)28(29-26(33)36-27(2,3)4)17-18-30(25(28)32)21-13-15-22(16-14-21)35-19-20-11-8-7-9-12-20/h7-9,11-16,23H,6,10,17-19H2,1-5H3,(H,29,33)/t23?,28-/m1/s1. The van der Waals surface area contributed by atoms with E-state index in [1.54, 1.807) is 49.9 Å². The minimum atomic E-state index is -1.46. The van der Waals surface area contributed by atoms with Gasteiger partial charge in [-0.3, -0.25) is 9.59 Å². The molecule has 1 N–H and O–H groups in total. The lowest BCUT2D eigenvalue weighted by atomic mass is 9.79. The summed E-state index contributed by atoms with van der Waals surface area (Å²) in [7, 11) is 1.29. The van der Waals surface area contributed by atoms with Crippen LogP contribution >= 0.6 is 0 Å².